The first-order chi connectivity index (χ1) is 29.2. The van der Waals surface area contributed by atoms with Crippen molar-refractivity contribution in [2.45, 2.75) is 78.0 Å². The van der Waals surface area contributed by atoms with Crippen LogP contribution in [0, 0.1) is 24.0 Å². The SMILES string of the molecule is Cc1ncsc1-c1ccc(CCNC(=O)[C@@H]2C[C@H](O)CN2C(=O)[C@@H](NC(=O)CCCCNC(=O)COc2c(-c3csc(N4CCOCC4)n3)ccc(F)c2F)C(C)(C)C)cc1. The van der Waals surface area contributed by atoms with Gasteiger partial charge < -0.3 is 40.3 Å². The van der Waals surface area contributed by atoms with Gasteiger partial charge in [0.15, 0.2) is 23.3 Å². The molecule has 6 rings (SSSR count). The third-order valence-electron chi connectivity index (χ3n) is 10.6. The maximum Gasteiger partial charge on any atom is 0.257 e. The molecule has 0 aliphatic carbocycles. The fourth-order valence-electron chi connectivity index (χ4n) is 7.19. The number of carbonyl (C=O) groups excluding carboxylic acids is 4. The molecule has 14 nitrogen and oxygen atoms in total. The number of aromatic nitrogens is 2. The Morgan fingerprint density at radius 1 is 1.00 bits per heavy atom. The molecule has 2 aromatic carbocycles. The lowest BCUT2D eigenvalue weighted by Crippen LogP contribution is -2.57. The molecule has 4 amide bonds. The number of halogens is 2. The Labute approximate surface area is 362 Å². The van der Waals surface area contributed by atoms with Gasteiger partial charge in [-0.05, 0) is 54.9 Å². The van der Waals surface area contributed by atoms with Crippen molar-refractivity contribution >= 4 is 51.4 Å². The highest BCUT2D eigenvalue weighted by Gasteiger charge is 2.44. The lowest BCUT2D eigenvalue weighted by Gasteiger charge is -2.35. The van der Waals surface area contributed by atoms with Crippen LogP contribution in [0.25, 0.3) is 21.7 Å². The number of aliphatic hydroxyl groups excluding tert-OH is 1. The van der Waals surface area contributed by atoms with E-state index in [-0.39, 0.29) is 43.3 Å². The number of anilines is 1. The summed E-state index contributed by atoms with van der Waals surface area (Å²) in [4.78, 5) is 66.5. The van der Waals surface area contributed by atoms with Crippen molar-refractivity contribution in [3.8, 4) is 27.4 Å². The molecule has 2 aliphatic rings. The van der Waals surface area contributed by atoms with E-state index in [0.717, 1.165) is 27.8 Å². The number of nitrogens with one attached hydrogen (secondary N) is 3. The number of β-amino-alcohol motifs (C(OH)–C–C–N with tert-alkyl or cyclic N) is 1. The normalized spacial score (nSPS) is 17.2. The Morgan fingerprint density at radius 3 is 2.46 bits per heavy atom. The van der Waals surface area contributed by atoms with Crippen LogP contribution in [0.1, 0.15) is 57.7 Å². The van der Waals surface area contributed by atoms with Crippen LogP contribution in [0.2, 0.25) is 0 Å². The van der Waals surface area contributed by atoms with E-state index in [1.165, 1.54) is 22.3 Å². The van der Waals surface area contributed by atoms with E-state index in [1.807, 2.05) is 62.4 Å². The van der Waals surface area contributed by atoms with E-state index >= 15 is 0 Å². The van der Waals surface area contributed by atoms with Gasteiger partial charge in [0.25, 0.3) is 5.91 Å². The van der Waals surface area contributed by atoms with E-state index in [2.05, 4.69) is 25.9 Å². The number of aliphatic hydroxyl groups is 1. The van der Waals surface area contributed by atoms with Gasteiger partial charge in [-0.2, -0.15) is 4.39 Å². The minimum Gasteiger partial charge on any atom is -0.480 e. The average molecular weight is 882 g/mol. The topological polar surface area (TPSA) is 175 Å². The zero-order valence-corrected chi connectivity index (χ0v) is 36.4. The fraction of sp³-hybridized carbons (Fsp3) is 0.488. The van der Waals surface area contributed by atoms with E-state index in [1.54, 1.807) is 16.7 Å². The highest BCUT2D eigenvalue weighted by molar-refractivity contribution is 7.14. The molecule has 18 heteroatoms. The van der Waals surface area contributed by atoms with Crippen molar-refractivity contribution in [3.05, 3.63) is 70.2 Å². The first kappa shape index (κ1) is 45.5. The Kier molecular flexibility index (Phi) is 15.4. The number of rotatable bonds is 17. The molecule has 61 heavy (non-hydrogen) atoms. The van der Waals surface area contributed by atoms with Gasteiger partial charge in [0.2, 0.25) is 23.5 Å². The van der Waals surface area contributed by atoms with Crippen molar-refractivity contribution in [2.24, 2.45) is 5.41 Å². The van der Waals surface area contributed by atoms with Gasteiger partial charge in [0, 0.05) is 56.5 Å². The molecular formula is C43H53F2N7O7S2. The van der Waals surface area contributed by atoms with Crippen LogP contribution >= 0.6 is 22.7 Å². The molecular weight excluding hydrogens is 829 g/mol. The lowest BCUT2D eigenvalue weighted by atomic mass is 9.85. The van der Waals surface area contributed by atoms with E-state index in [9.17, 15) is 33.1 Å². The molecule has 4 aromatic rings. The number of benzene rings is 2. The molecule has 0 unspecified atom stereocenters. The van der Waals surface area contributed by atoms with Crippen molar-refractivity contribution in [2.75, 3.05) is 57.4 Å². The average Bonchev–Trinajstić information content (AvgIpc) is 4.00. The number of thiazole rings is 2. The predicted molar refractivity (Wildman–Crippen MR) is 229 cm³/mol. The maximum absolute atomic E-state index is 14.9. The summed E-state index contributed by atoms with van der Waals surface area (Å²) in [6, 6.07) is 8.58. The first-order valence-corrected chi connectivity index (χ1v) is 22.2. The number of unbranched alkanes of at least 4 members (excludes halogenated alkanes) is 1. The van der Waals surface area contributed by atoms with Crippen LogP contribution in [-0.4, -0.2) is 114 Å². The summed E-state index contributed by atoms with van der Waals surface area (Å²) < 4.78 is 40.1. The van der Waals surface area contributed by atoms with Crippen LogP contribution in [0.15, 0.2) is 47.3 Å². The predicted octanol–water partition coefficient (Wildman–Crippen LogP) is 4.87. The van der Waals surface area contributed by atoms with Gasteiger partial charge in [-0.15, -0.1) is 22.7 Å². The first-order valence-electron chi connectivity index (χ1n) is 20.4. The molecule has 0 bridgehead atoms. The number of morpholine rings is 1. The smallest absolute Gasteiger partial charge is 0.257 e. The Morgan fingerprint density at radius 2 is 1.75 bits per heavy atom. The third-order valence-corrected chi connectivity index (χ3v) is 12.4. The number of nitrogens with zero attached hydrogens (tertiary/aromatic N) is 4. The molecule has 2 aliphatic heterocycles. The van der Waals surface area contributed by atoms with Gasteiger partial charge in [0.1, 0.15) is 12.1 Å². The Bertz CT molecular complexity index is 2150. The number of amides is 4. The molecule has 2 saturated heterocycles. The second kappa shape index (κ2) is 20.7. The lowest BCUT2D eigenvalue weighted by molar-refractivity contribution is -0.144. The summed E-state index contributed by atoms with van der Waals surface area (Å²) in [7, 11) is 0. The summed E-state index contributed by atoms with van der Waals surface area (Å²) in [6.45, 7) is 9.80. The standard InChI is InChI=1S/C43H53F2N7O7S2/c1-26-38(61-25-48-26)28-10-8-27(9-11-28)14-16-47-40(56)33-21-29(53)22-52(33)41(57)39(43(2,3)4)50-34(54)7-5-6-15-46-35(55)23-59-37-30(12-13-31(44)36(37)45)32-24-60-42(49-32)51-17-19-58-20-18-51/h8-13,24-25,29,33,39,53H,5-7,14-23H2,1-4H3,(H,46,55)(H,47,56)(H,50,54)/t29-,33-,39+/m0/s1. The molecule has 0 radical (unpaired) electrons. The highest BCUT2D eigenvalue weighted by Crippen LogP contribution is 2.36. The molecule has 2 aromatic heterocycles. The summed E-state index contributed by atoms with van der Waals surface area (Å²) in [6.07, 6.45) is 0.615. The number of ether oxygens (including phenoxy) is 2. The van der Waals surface area contributed by atoms with Gasteiger partial charge in [-0.1, -0.05) is 45.0 Å². The van der Waals surface area contributed by atoms with Gasteiger partial charge in [-0.25, -0.2) is 14.4 Å². The van der Waals surface area contributed by atoms with Crippen molar-refractivity contribution in [1.82, 2.24) is 30.8 Å². The third kappa shape index (κ3) is 11.9. The Balaban J connectivity index is 0.938. The molecule has 328 valence electrons. The number of hydrogen-bond donors (Lipinski definition) is 4. The van der Waals surface area contributed by atoms with Crippen molar-refractivity contribution in [3.63, 3.8) is 0 Å². The number of aryl methyl sites for hydroxylation is 1. The maximum atomic E-state index is 14.9. The highest BCUT2D eigenvalue weighted by atomic mass is 32.1. The number of likely N-dealkylation sites (tertiary alicyclic amines) is 1. The summed E-state index contributed by atoms with van der Waals surface area (Å²) in [5.41, 5.74) is 4.81. The van der Waals surface area contributed by atoms with Crippen LogP contribution in [-0.2, 0) is 30.3 Å². The van der Waals surface area contributed by atoms with Crippen LogP contribution in [0.4, 0.5) is 13.9 Å². The zero-order valence-electron chi connectivity index (χ0n) is 34.8. The summed E-state index contributed by atoms with van der Waals surface area (Å²) in [5.74, 6) is -4.52. The Hall–Kier alpha value is -5.04. The van der Waals surface area contributed by atoms with Crippen molar-refractivity contribution < 1.29 is 42.5 Å². The number of carbonyl (C=O) groups is 4. The van der Waals surface area contributed by atoms with E-state index in [0.29, 0.717) is 62.9 Å². The molecule has 4 heterocycles. The van der Waals surface area contributed by atoms with Crippen molar-refractivity contribution in [1.29, 1.82) is 0 Å². The second-order valence-electron chi connectivity index (χ2n) is 16.2. The molecule has 4 N–H and O–H groups in total. The van der Waals surface area contributed by atoms with Crippen LogP contribution in [0.5, 0.6) is 5.75 Å². The van der Waals surface area contributed by atoms with Gasteiger partial charge >= 0.3 is 0 Å². The fourth-order valence-corrected chi connectivity index (χ4v) is 8.88. The quantitative estimate of drug-likeness (QED) is 0.107. The van der Waals surface area contributed by atoms with Crippen LogP contribution in [0.3, 0.4) is 0 Å². The van der Waals surface area contributed by atoms with Gasteiger partial charge in [-0.3, -0.25) is 19.2 Å². The largest absolute Gasteiger partial charge is 0.480 e. The van der Waals surface area contributed by atoms with E-state index < -0.39 is 59.4 Å². The minimum absolute atomic E-state index is 0.0326. The van der Waals surface area contributed by atoms with E-state index in [4.69, 9.17) is 9.47 Å². The molecule has 3 atom stereocenters. The van der Waals surface area contributed by atoms with Gasteiger partial charge in [0.05, 0.1) is 41.1 Å². The zero-order chi connectivity index (χ0) is 43.7. The second-order valence-corrected chi connectivity index (χ2v) is 17.9. The minimum atomic E-state index is -1.22. The molecule has 0 spiro atoms. The molecule has 2 fully saturated rings. The van der Waals surface area contributed by atoms with Crippen LogP contribution < -0.4 is 25.6 Å². The molecule has 0 saturated carbocycles. The monoisotopic (exact) mass is 881 g/mol. The summed E-state index contributed by atoms with van der Waals surface area (Å²) in [5, 5.41) is 21.4. The number of hydrogen-bond acceptors (Lipinski definition) is 12. The summed E-state index contributed by atoms with van der Waals surface area (Å²) >= 11 is 2.95.